The number of hydrogen-bond acceptors (Lipinski definition) is 3. The number of nitrogens with zero attached hydrogens (tertiary/aromatic N) is 1. The average molecular weight is 431 g/mol. The number of rotatable bonds is 10. The number of carbonyl (C=O) groups excluding carboxylic acids is 2. The smallest absolute Gasteiger partial charge is 0.243 e. The van der Waals surface area contributed by atoms with Crippen LogP contribution in [0, 0.1) is 0 Å². The molecular formula is C24H31ClN2O3. The molecule has 0 fully saturated rings. The second-order valence-corrected chi connectivity index (χ2v) is 7.79. The summed E-state index contributed by atoms with van der Waals surface area (Å²) in [5.74, 6) is 0.479. The Kier molecular flexibility index (Phi) is 9.18. The number of methoxy groups -OCH3 is 1. The predicted octanol–water partition coefficient (Wildman–Crippen LogP) is 4.61. The molecule has 0 spiro atoms. The van der Waals surface area contributed by atoms with Crippen molar-refractivity contribution < 1.29 is 14.3 Å². The molecule has 2 rings (SSSR count). The molecule has 0 aliphatic heterocycles. The first-order valence-corrected chi connectivity index (χ1v) is 10.7. The third kappa shape index (κ3) is 6.49. The lowest BCUT2D eigenvalue weighted by Crippen LogP contribution is -2.51. The van der Waals surface area contributed by atoms with Crippen molar-refractivity contribution in [2.45, 2.75) is 58.7 Å². The molecule has 1 N–H and O–H groups in total. The number of carbonyl (C=O) groups is 2. The first-order valence-electron chi connectivity index (χ1n) is 10.4. The molecule has 162 valence electrons. The van der Waals surface area contributed by atoms with Gasteiger partial charge in [-0.25, -0.2) is 0 Å². The maximum atomic E-state index is 13.3. The van der Waals surface area contributed by atoms with E-state index in [0.29, 0.717) is 18.0 Å². The Labute approximate surface area is 184 Å². The third-order valence-corrected chi connectivity index (χ3v) is 5.57. The molecule has 30 heavy (non-hydrogen) atoms. The van der Waals surface area contributed by atoms with E-state index in [1.807, 2.05) is 63.2 Å². The van der Waals surface area contributed by atoms with Crippen molar-refractivity contribution in [3.05, 3.63) is 64.7 Å². The van der Waals surface area contributed by atoms with Crippen LogP contribution in [-0.2, 0) is 22.6 Å². The fraction of sp³-hybridized carbons (Fsp3) is 0.417. The van der Waals surface area contributed by atoms with E-state index in [-0.39, 0.29) is 24.3 Å². The Morgan fingerprint density at radius 2 is 1.73 bits per heavy atom. The zero-order valence-electron chi connectivity index (χ0n) is 18.2. The molecule has 2 atom stereocenters. The van der Waals surface area contributed by atoms with Crippen molar-refractivity contribution in [3.8, 4) is 5.75 Å². The minimum atomic E-state index is -0.559. The highest BCUT2D eigenvalue weighted by atomic mass is 35.5. The van der Waals surface area contributed by atoms with Crippen molar-refractivity contribution in [1.29, 1.82) is 0 Å². The van der Waals surface area contributed by atoms with Crippen LogP contribution < -0.4 is 10.1 Å². The number of amides is 2. The predicted molar refractivity (Wildman–Crippen MR) is 121 cm³/mol. The van der Waals surface area contributed by atoms with Crippen LogP contribution in [0.2, 0.25) is 5.02 Å². The van der Waals surface area contributed by atoms with Crippen molar-refractivity contribution >= 4 is 23.4 Å². The van der Waals surface area contributed by atoms with E-state index < -0.39 is 6.04 Å². The molecular weight excluding hydrogens is 400 g/mol. The molecule has 2 aromatic rings. The Hall–Kier alpha value is -2.53. The van der Waals surface area contributed by atoms with Gasteiger partial charge >= 0.3 is 0 Å². The summed E-state index contributed by atoms with van der Waals surface area (Å²) in [6, 6.07) is 14.3. The Morgan fingerprint density at radius 1 is 1.07 bits per heavy atom. The van der Waals surface area contributed by atoms with Gasteiger partial charge in [-0.1, -0.05) is 55.8 Å². The Morgan fingerprint density at radius 3 is 2.30 bits per heavy atom. The van der Waals surface area contributed by atoms with Gasteiger partial charge in [0.25, 0.3) is 0 Å². The molecule has 5 nitrogen and oxygen atoms in total. The Balaban J connectivity index is 2.30. The van der Waals surface area contributed by atoms with Gasteiger partial charge in [-0.3, -0.25) is 9.59 Å². The van der Waals surface area contributed by atoms with Gasteiger partial charge in [0.15, 0.2) is 0 Å². The minimum Gasteiger partial charge on any atom is -0.497 e. The highest BCUT2D eigenvalue weighted by Gasteiger charge is 2.29. The van der Waals surface area contributed by atoms with Crippen molar-refractivity contribution in [2.24, 2.45) is 0 Å². The van der Waals surface area contributed by atoms with Crippen LogP contribution in [0.25, 0.3) is 0 Å². The number of halogens is 1. The summed E-state index contributed by atoms with van der Waals surface area (Å²) in [6.45, 7) is 6.23. The first-order chi connectivity index (χ1) is 14.4. The lowest BCUT2D eigenvalue weighted by atomic mass is 10.1. The van der Waals surface area contributed by atoms with Gasteiger partial charge in [0.2, 0.25) is 11.8 Å². The second-order valence-electron chi connectivity index (χ2n) is 7.38. The average Bonchev–Trinajstić information content (AvgIpc) is 2.75. The van der Waals surface area contributed by atoms with Crippen LogP contribution >= 0.6 is 11.6 Å². The van der Waals surface area contributed by atoms with Gasteiger partial charge < -0.3 is 15.0 Å². The molecule has 2 aromatic carbocycles. The minimum absolute atomic E-state index is 0.0491. The quantitative estimate of drug-likeness (QED) is 0.598. The molecule has 0 aliphatic carbocycles. The topological polar surface area (TPSA) is 58.6 Å². The van der Waals surface area contributed by atoms with Crippen LogP contribution in [-0.4, -0.2) is 35.9 Å². The Bertz CT molecular complexity index is 839. The molecule has 0 bridgehead atoms. The summed E-state index contributed by atoms with van der Waals surface area (Å²) in [7, 11) is 1.61. The van der Waals surface area contributed by atoms with E-state index in [4.69, 9.17) is 16.3 Å². The second kappa shape index (κ2) is 11.6. The van der Waals surface area contributed by atoms with Crippen molar-refractivity contribution in [1.82, 2.24) is 10.2 Å². The molecule has 0 unspecified atom stereocenters. The van der Waals surface area contributed by atoms with Crippen LogP contribution in [0.15, 0.2) is 48.5 Å². The molecule has 0 aliphatic rings. The molecule has 0 saturated heterocycles. The molecule has 2 amide bonds. The molecule has 0 radical (unpaired) electrons. The van der Waals surface area contributed by atoms with Crippen LogP contribution in [0.1, 0.15) is 44.7 Å². The zero-order chi connectivity index (χ0) is 22.1. The van der Waals surface area contributed by atoms with Crippen molar-refractivity contribution in [3.63, 3.8) is 0 Å². The molecule has 0 heterocycles. The van der Waals surface area contributed by atoms with Crippen LogP contribution in [0.3, 0.4) is 0 Å². The van der Waals surface area contributed by atoms with E-state index in [0.717, 1.165) is 23.3 Å². The third-order valence-electron chi connectivity index (χ3n) is 5.20. The van der Waals surface area contributed by atoms with E-state index in [1.54, 1.807) is 18.1 Å². The van der Waals surface area contributed by atoms with Crippen LogP contribution in [0.4, 0.5) is 0 Å². The summed E-state index contributed by atoms with van der Waals surface area (Å²) in [6.07, 6.45) is 1.49. The maximum Gasteiger partial charge on any atom is 0.243 e. The van der Waals surface area contributed by atoms with Gasteiger partial charge in [-0.15, -0.1) is 0 Å². The van der Waals surface area contributed by atoms with Gasteiger partial charge in [0, 0.05) is 17.6 Å². The first kappa shape index (κ1) is 23.7. The van der Waals surface area contributed by atoms with Gasteiger partial charge in [-0.05, 0) is 49.1 Å². The summed E-state index contributed by atoms with van der Waals surface area (Å²) in [5.41, 5.74) is 1.68. The molecule has 0 aromatic heterocycles. The lowest BCUT2D eigenvalue weighted by molar-refractivity contribution is -0.141. The lowest BCUT2D eigenvalue weighted by Gasteiger charge is -2.31. The number of benzene rings is 2. The van der Waals surface area contributed by atoms with E-state index in [2.05, 4.69) is 5.32 Å². The number of nitrogens with one attached hydrogen (secondary N) is 1. The van der Waals surface area contributed by atoms with E-state index in [9.17, 15) is 9.59 Å². The highest BCUT2D eigenvalue weighted by Crippen LogP contribution is 2.20. The fourth-order valence-corrected chi connectivity index (χ4v) is 3.40. The van der Waals surface area contributed by atoms with E-state index >= 15 is 0 Å². The van der Waals surface area contributed by atoms with Gasteiger partial charge in [0.1, 0.15) is 11.8 Å². The van der Waals surface area contributed by atoms with E-state index in [1.165, 1.54) is 0 Å². The normalized spacial score (nSPS) is 12.7. The highest BCUT2D eigenvalue weighted by molar-refractivity contribution is 6.31. The summed E-state index contributed by atoms with van der Waals surface area (Å²) < 4.78 is 5.22. The fourth-order valence-electron chi connectivity index (χ4n) is 3.19. The number of hydrogen-bond donors (Lipinski definition) is 1. The summed E-state index contributed by atoms with van der Waals surface area (Å²) in [5, 5.41) is 3.56. The molecule has 6 heteroatoms. The SMILES string of the molecule is CC[C@H](C(=O)N[C@@H](C)CC)N(Cc1ccc(OC)cc1)C(=O)Cc1ccccc1Cl. The zero-order valence-corrected chi connectivity index (χ0v) is 18.9. The monoisotopic (exact) mass is 430 g/mol. The summed E-state index contributed by atoms with van der Waals surface area (Å²) >= 11 is 6.27. The van der Waals surface area contributed by atoms with Crippen molar-refractivity contribution in [2.75, 3.05) is 7.11 Å². The number of ether oxygens (including phenoxy) is 1. The van der Waals surface area contributed by atoms with Crippen LogP contribution in [0.5, 0.6) is 5.75 Å². The van der Waals surface area contributed by atoms with Gasteiger partial charge in [-0.2, -0.15) is 0 Å². The summed E-state index contributed by atoms with van der Waals surface area (Å²) in [4.78, 5) is 27.9. The standard InChI is InChI=1S/C24H31ClN2O3/c1-5-17(3)26-24(29)22(6-2)27(16-18-11-13-20(30-4)14-12-18)23(28)15-19-9-7-8-10-21(19)25/h7-14,17,22H,5-6,15-16H2,1-4H3,(H,26,29)/t17-,22+/m0/s1. The van der Waals surface area contributed by atoms with Gasteiger partial charge in [0.05, 0.1) is 13.5 Å². The largest absolute Gasteiger partial charge is 0.497 e. The maximum absolute atomic E-state index is 13.3. The molecule has 0 saturated carbocycles.